The van der Waals surface area contributed by atoms with E-state index in [-0.39, 0.29) is 12.5 Å². The average molecular weight is 475 g/mol. The molecular weight excluding hydrogens is 452 g/mol. The maximum atomic E-state index is 12.7. The molecular formula is C25H22N4O4S. The molecule has 0 saturated carbocycles. The summed E-state index contributed by atoms with van der Waals surface area (Å²) in [5.41, 5.74) is 2.73. The van der Waals surface area contributed by atoms with E-state index in [0.717, 1.165) is 21.5 Å². The van der Waals surface area contributed by atoms with E-state index in [0.29, 0.717) is 35.2 Å². The van der Waals surface area contributed by atoms with Gasteiger partial charge in [0.1, 0.15) is 15.5 Å². The molecule has 5 rings (SSSR count). The van der Waals surface area contributed by atoms with E-state index in [2.05, 4.69) is 27.4 Å². The molecule has 0 fully saturated rings. The molecule has 8 nitrogen and oxygen atoms in total. The Morgan fingerprint density at radius 1 is 1.12 bits per heavy atom. The van der Waals surface area contributed by atoms with Crippen LogP contribution in [0.2, 0.25) is 0 Å². The van der Waals surface area contributed by atoms with Crippen molar-refractivity contribution < 1.29 is 18.8 Å². The third-order valence-electron chi connectivity index (χ3n) is 5.21. The zero-order chi connectivity index (χ0) is 23.5. The highest BCUT2D eigenvalue weighted by molar-refractivity contribution is 7.20. The smallest absolute Gasteiger partial charge is 0.348 e. The van der Waals surface area contributed by atoms with Crippen LogP contribution in [-0.4, -0.2) is 32.5 Å². The van der Waals surface area contributed by atoms with Gasteiger partial charge in [0, 0.05) is 5.39 Å². The monoisotopic (exact) mass is 474 g/mol. The molecule has 0 amide bonds. The molecule has 0 aliphatic carbocycles. The Morgan fingerprint density at radius 2 is 1.91 bits per heavy atom. The molecule has 34 heavy (non-hydrogen) atoms. The van der Waals surface area contributed by atoms with Crippen molar-refractivity contribution in [1.82, 2.24) is 19.9 Å². The standard InChI is InChI=1S/C25H22N4O4S/c1-3-31-20-12-8-7-11-18(20)23-26-22(33-28-23)15-32-25(30)21-13-19-16(2)27-29(24(19)34-21)14-17-9-5-4-6-10-17/h4-13H,3,14-15H2,1-2H3. The van der Waals surface area contributed by atoms with Crippen molar-refractivity contribution >= 4 is 27.5 Å². The van der Waals surface area contributed by atoms with Gasteiger partial charge in [0.15, 0.2) is 6.61 Å². The molecule has 5 aromatic rings. The predicted octanol–water partition coefficient (Wildman–Crippen LogP) is 5.26. The Hall–Kier alpha value is -3.98. The number of fused-ring (bicyclic) bond motifs is 1. The number of rotatable bonds is 8. The summed E-state index contributed by atoms with van der Waals surface area (Å²) >= 11 is 1.36. The highest BCUT2D eigenvalue weighted by Gasteiger charge is 2.19. The highest BCUT2D eigenvalue weighted by atomic mass is 32.1. The van der Waals surface area contributed by atoms with Crippen molar-refractivity contribution in [3.63, 3.8) is 0 Å². The molecule has 0 aliphatic rings. The van der Waals surface area contributed by atoms with Crippen molar-refractivity contribution in [3.05, 3.63) is 82.7 Å². The fourth-order valence-corrected chi connectivity index (χ4v) is 4.69. The van der Waals surface area contributed by atoms with E-state index in [1.165, 1.54) is 11.3 Å². The van der Waals surface area contributed by atoms with Crippen LogP contribution in [0.1, 0.15) is 33.7 Å². The van der Waals surface area contributed by atoms with Crippen LogP contribution in [0.15, 0.2) is 65.2 Å². The van der Waals surface area contributed by atoms with Crippen LogP contribution in [0.3, 0.4) is 0 Å². The Bertz CT molecular complexity index is 1440. The summed E-state index contributed by atoms with van der Waals surface area (Å²) in [6, 6.07) is 19.4. The number of esters is 1. The summed E-state index contributed by atoms with van der Waals surface area (Å²) < 4.78 is 18.3. The minimum absolute atomic E-state index is 0.119. The Kier molecular flexibility index (Phi) is 6.09. The fraction of sp³-hybridized carbons (Fsp3) is 0.200. The Labute approximate surface area is 199 Å². The molecule has 3 heterocycles. The van der Waals surface area contributed by atoms with E-state index < -0.39 is 5.97 Å². The molecule has 0 spiro atoms. The largest absolute Gasteiger partial charge is 0.493 e. The van der Waals surface area contributed by atoms with Crippen molar-refractivity contribution in [1.29, 1.82) is 0 Å². The SMILES string of the molecule is CCOc1ccccc1-c1noc(COC(=O)c2cc3c(C)nn(Cc4ccccc4)c3s2)n1. The second kappa shape index (κ2) is 9.48. The van der Waals surface area contributed by atoms with Gasteiger partial charge in [-0.05, 0) is 37.6 Å². The van der Waals surface area contributed by atoms with Crippen LogP contribution in [0, 0.1) is 6.92 Å². The molecule has 0 saturated heterocycles. The molecule has 3 aromatic heterocycles. The van der Waals surface area contributed by atoms with Gasteiger partial charge in [-0.15, -0.1) is 11.3 Å². The topological polar surface area (TPSA) is 92.3 Å². The van der Waals surface area contributed by atoms with Crippen molar-refractivity contribution in [2.24, 2.45) is 0 Å². The lowest BCUT2D eigenvalue weighted by atomic mass is 10.2. The number of para-hydroxylation sites is 1. The third kappa shape index (κ3) is 4.42. The molecule has 0 unspecified atom stereocenters. The number of benzene rings is 2. The number of hydrogen-bond acceptors (Lipinski definition) is 8. The molecule has 0 N–H and O–H groups in total. The Morgan fingerprint density at radius 3 is 2.74 bits per heavy atom. The van der Waals surface area contributed by atoms with Gasteiger partial charge in [-0.25, -0.2) is 4.79 Å². The van der Waals surface area contributed by atoms with Crippen LogP contribution < -0.4 is 4.74 Å². The van der Waals surface area contributed by atoms with Crippen LogP contribution in [-0.2, 0) is 17.9 Å². The lowest BCUT2D eigenvalue weighted by Crippen LogP contribution is -2.04. The minimum atomic E-state index is -0.443. The molecule has 172 valence electrons. The molecule has 0 aliphatic heterocycles. The van der Waals surface area contributed by atoms with Gasteiger partial charge in [0.2, 0.25) is 5.82 Å². The zero-order valence-electron chi connectivity index (χ0n) is 18.7. The van der Waals surface area contributed by atoms with E-state index in [4.69, 9.17) is 14.0 Å². The van der Waals surface area contributed by atoms with Crippen molar-refractivity contribution in [2.45, 2.75) is 27.0 Å². The lowest BCUT2D eigenvalue weighted by Gasteiger charge is -2.06. The van der Waals surface area contributed by atoms with Gasteiger partial charge in [0.05, 0.1) is 24.4 Å². The Balaban J connectivity index is 1.29. The normalized spacial score (nSPS) is 11.1. The summed E-state index contributed by atoms with van der Waals surface area (Å²) in [4.78, 5) is 18.5. The van der Waals surface area contributed by atoms with Gasteiger partial charge >= 0.3 is 5.97 Å². The first-order chi connectivity index (χ1) is 16.6. The highest BCUT2D eigenvalue weighted by Crippen LogP contribution is 2.30. The maximum Gasteiger partial charge on any atom is 0.348 e. The summed E-state index contributed by atoms with van der Waals surface area (Å²) in [5, 5.41) is 9.57. The number of aromatic nitrogens is 4. The number of carbonyl (C=O) groups excluding carboxylic acids is 1. The second-order valence-electron chi connectivity index (χ2n) is 7.58. The first kappa shape index (κ1) is 21.8. The van der Waals surface area contributed by atoms with Crippen LogP contribution in [0.5, 0.6) is 5.75 Å². The first-order valence-electron chi connectivity index (χ1n) is 10.8. The van der Waals surface area contributed by atoms with E-state index in [9.17, 15) is 4.79 Å². The minimum Gasteiger partial charge on any atom is -0.493 e. The number of carbonyl (C=O) groups is 1. The van der Waals surface area contributed by atoms with Gasteiger partial charge in [0.25, 0.3) is 5.89 Å². The quantitative estimate of drug-likeness (QED) is 0.283. The number of hydrogen-bond donors (Lipinski definition) is 0. The lowest BCUT2D eigenvalue weighted by molar-refractivity contribution is 0.0435. The zero-order valence-corrected chi connectivity index (χ0v) is 19.5. The molecule has 0 bridgehead atoms. The predicted molar refractivity (Wildman–Crippen MR) is 128 cm³/mol. The van der Waals surface area contributed by atoms with Crippen LogP contribution >= 0.6 is 11.3 Å². The van der Waals surface area contributed by atoms with Crippen LogP contribution in [0.25, 0.3) is 21.6 Å². The van der Waals surface area contributed by atoms with Gasteiger partial charge < -0.3 is 14.0 Å². The molecule has 0 atom stereocenters. The van der Waals surface area contributed by atoms with Gasteiger partial charge in [-0.2, -0.15) is 10.1 Å². The first-order valence-corrected chi connectivity index (χ1v) is 11.7. The van der Waals surface area contributed by atoms with E-state index >= 15 is 0 Å². The summed E-state index contributed by atoms with van der Waals surface area (Å²) in [5.74, 6) is 0.816. The number of nitrogens with zero attached hydrogens (tertiary/aromatic N) is 4. The molecule has 9 heteroatoms. The summed E-state index contributed by atoms with van der Waals surface area (Å²) in [6.45, 7) is 4.88. The average Bonchev–Trinajstić information content (AvgIpc) is 3.57. The second-order valence-corrected chi connectivity index (χ2v) is 8.61. The fourth-order valence-electron chi connectivity index (χ4n) is 3.63. The van der Waals surface area contributed by atoms with Crippen LogP contribution in [0.4, 0.5) is 0 Å². The molecule has 0 radical (unpaired) electrons. The van der Waals surface area contributed by atoms with Crippen molar-refractivity contribution in [2.75, 3.05) is 6.61 Å². The number of aryl methyl sites for hydroxylation is 1. The summed E-state index contributed by atoms with van der Waals surface area (Å²) in [7, 11) is 0. The van der Waals surface area contributed by atoms with Crippen molar-refractivity contribution in [3.8, 4) is 17.1 Å². The van der Waals surface area contributed by atoms with Gasteiger partial charge in [-0.1, -0.05) is 47.6 Å². The number of thiophene rings is 1. The third-order valence-corrected chi connectivity index (χ3v) is 6.33. The number of ether oxygens (including phenoxy) is 2. The van der Waals surface area contributed by atoms with Gasteiger partial charge in [-0.3, -0.25) is 4.68 Å². The van der Waals surface area contributed by atoms with E-state index in [1.807, 2.05) is 67.1 Å². The van der Waals surface area contributed by atoms with E-state index in [1.54, 1.807) is 0 Å². The molecule has 2 aromatic carbocycles. The maximum absolute atomic E-state index is 12.7. The summed E-state index contributed by atoms with van der Waals surface area (Å²) in [6.07, 6.45) is 0.